The van der Waals surface area contributed by atoms with Crippen LogP contribution in [0.2, 0.25) is 0 Å². The van der Waals surface area contributed by atoms with Crippen molar-refractivity contribution in [3.8, 4) is 11.4 Å². The fourth-order valence-corrected chi connectivity index (χ4v) is 2.61. The maximum absolute atomic E-state index is 12.2. The summed E-state index contributed by atoms with van der Waals surface area (Å²) >= 11 is 5.35. The third-order valence-corrected chi connectivity index (χ3v) is 3.53. The van der Waals surface area contributed by atoms with Gasteiger partial charge in [-0.05, 0) is 55.0 Å². The molecule has 0 unspecified atom stereocenters. The van der Waals surface area contributed by atoms with Crippen molar-refractivity contribution >= 4 is 23.3 Å². The summed E-state index contributed by atoms with van der Waals surface area (Å²) < 4.78 is 31.1. The van der Waals surface area contributed by atoms with Crippen molar-refractivity contribution in [1.82, 2.24) is 9.55 Å². The fraction of sp³-hybridized carbons (Fsp3) is 0.133. The van der Waals surface area contributed by atoms with Gasteiger partial charge in [-0.15, -0.1) is 0 Å². The summed E-state index contributed by atoms with van der Waals surface area (Å²) in [6.07, 6.45) is 0. The van der Waals surface area contributed by atoms with Crippen LogP contribution in [0.3, 0.4) is 0 Å². The molecule has 0 atom stereocenters. The Kier molecular flexibility index (Phi) is 3.47. The highest BCUT2D eigenvalue weighted by atomic mass is 32.1. The number of nitrogens with zero attached hydrogens (tertiary/aromatic N) is 1. The zero-order valence-corrected chi connectivity index (χ0v) is 12.0. The molecule has 0 bridgehead atoms. The molecule has 3 aromatic rings. The first-order chi connectivity index (χ1) is 10.1. The van der Waals surface area contributed by atoms with Crippen molar-refractivity contribution in [3.05, 3.63) is 52.8 Å². The average molecular weight is 306 g/mol. The number of aromatic amines is 1. The summed E-state index contributed by atoms with van der Waals surface area (Å²) in [7, 11) is 0. The number of fused-ring (bicyclic) bond motifs is 1. The topological polar surface area (TPSA) is 29.9 Å². The summed E-state index contributed by atoms with van der Waals surface area (Å²) in [5.41, 5.74) is 3.80. The van der Waals surface area contributed by atoms with Crippen LogP contribution in [0.5, 0.6) is 5.75 Å². The minimum Gasteiger partial charge on any atom is -0.435 e. The van der Waals surface area contributed by atoms with Crippen LogP contribution in [-0.4, -0.2) is 16.2 Å². The summed E-state index contributed by atoms with van der Waals surface area (Å²) in [5.74, 6) is 0.122. The van der Waals surface area contributed by atoms with Gasteiger partial charge in [0.2, 0.25) is 0 Å². The lowest BCUT2D eigenvalue weighted by Crippen LogP contribution is -2.02. The molecule has 0 aliphatic heterocycles. The second kappa shape index (κ2) is 5.29. The number of ether oxygens (including phenoxy) is 1. The Labute approximate surface area is 124 Å². The van der Waals surface area contributed by atoms with Crippen LogP contribution in [0.1, 0.15) is 5.56 Å². The molecule has 21 heavy (non-hydrogen) atoms. The van der Waals surface area contributed by atoms with E-state index in [1.807, 2.05) is 29.7 Å². The zero-order valence-electron chi connectivity index (χ0n) is 11.1. The number of halogens is 2. The Morgan fingerprint density at radius 2 is 1.86 bits per heavy atom. The molecular formula is C15H12F2N2OS. The Morgan fingerprint density at radius 3 is 2.52 bits per heavy atom. The third kappa shape index (κ3) is 2.54. The van der Waals surface area contributed by atoms with Crippen LogP contribution in [0, 0.1) is 11.7 Å². The van der Waals surface area contributed by atoms with Crippen molar-refractivity contribution in [2.75, 3.05) is 0 Å². The first-order valence-electron chi connectivity index (χ1n) is 6.32. The normalized spacial score (nSPS) is 11.2. The lowest BCUT2D eigenvalue weighted by molar-refractivity contribution is -0.0498. The molecule has 6 heteroatoms. The molecular weight excluding hydrogens is 294 g/mol. The predicted molar refractivity (Wildman–Crippen MR) is 79.8 cm³/mol. The fourth-order valence-electron chi connectivity index (χ4n) is 2.31. The van der Waals surface area contributed by atoms with Gasteiger partial charge >= 0.3 is 6.61 Å². The molecule has 1 aromatic heterocycles. The van der Waals surface area contributed by atoms with Crippen LogP contribution in [0.4, 0.5) is 8.78 Å². The van der Waals surface area contributed by atoms with E-state index in [1.165, 1.54) is 12.1 Å². The summed E-state index contributed by atoms with van der Waals surface area (Å²) in [5, 5.41) is 0. The molecule has 0 saturated carbocycles. The van der Waals surface area contributed by atoms with E-state index < -0.39 is 6.61 Å². The lowest BCUT2D eigenvalue weighted by Gasteiger charge is -2.07. The summed E-state index contributed by atoms with van der Waals surface area (Å²) in [6.45, 7) is -0.828. The number of hydrogen-bond donors (Lipinski definition) is 1. The van der Waals surface area contributed by atoms with Gasteiger partial charge in [0.15, 0.2) is 4.77 Å². The van der Waals surface area contributed by atoms with Gasteiger partial charge in [0, 0.05) is 5.69 Å². The van der Waals surface area contributed by atoms with E-state index in [4.69, 9.17) is 12.2 Å². The Hall–Kier alpha value is -2.21. The molecule has 3 nitrogen and oxygen atoms in total. The minimum atomic E-state index is -2.83. The van der Waals surface area contributed by atoms with E-state index >= 15 is 0 Å². The van der Waals surface area contributed by atoms with Crippen LogP contribution < -0.4 is 4.74 Å². The van der Waals surface area contributed by atoms with E-state index in [2.05, 4.69) is 9.72 Å². The van der Waals surface area contributed by atoms with E-state index in [-0.39, 0.29) is 5.75 Å². The van der Waals surface area contributed by atoms with Gasteiger partial charge in [-0.3, -0.25) is 4.57 Å². The molecule has 0 radical (unpaired) electrons. The number of nitrogens with one attached hydrogen (secondary N) is 1. The van der Waals surface area contributed by atoms with Crippen LogP contribution >= 0.6 is 12.2 Å². The molecule has 0 amide bonds. The molecule has 0 spiro atoms. The van der Waals surface area contributed by atoms with Crippen LogP contribution in [0.25, 0.3) is 16.7 Å². The Morgan fingerprint density at radius 1 is 1.14 bits per heavy atom. The van der Waals surface area contributed by atoms with Crippen molar-refractivity contribution in [2.24, 2.45) is 0 Å². The van der Waals surface area contributed by atoms with Gasteiger partial charge < -0.3 is 9.72 Å². The molecule has 108 valence electrons. The Balaban J connectivity index is 2.10. The molecule has 1 heterocycles. The number of benzene rings is 2. The van der Waals surface area contributed by atoms with E-state index in [0.29, 0.717) is 4.77 Å². The number of para-hydroxylation sites is 1. The SMILES string of the molecule is Cc1cccc2c1[nH]c(=S)n2-c1ccc(OC(F)F)cc1. The van der Waals surface area contributed by atoms with Crippen molar-refractivity contribution in [2.45, 2.75) is 13.5 Å². The second-order valence-corrected chi connectivity index (χ2v) is 4.99. The maximum Gasteiger partial charge on any atom is 0.387 e. The highest BCUT2D eigenvalue weighted by Crippen LogP contribution is 2.24. The van der Waals surface area contributed by atoms with Gasteiger partial charge in [0.25, 0.3) is 0 Å². The van der Waals surface area contributed by atoms with Crippen LogP contribution in [-0.2, 0) is 0 Å². The molecule has 0 fully saturated rings. The van der Waals surface area contributed by atoms with Gasteiger partial charge in [0.05, 0.1) is 11.0 Å². The van der Waals surface area contributed by atoms with Crippen molar-refractivity contribution < 1.29 is 13.5 Å². The van der Waals surface area contributed by atoms with Crippen molar-refractivity contribution in [1.29, 1.82) is 0 Å². The first-order valence-corrected chi connectivity index (χ1v) is 6.72. The van der Waals surface area contributed by atoms with Gasteiger partial charge in [0.1, 0.15) is 5.75 Å². The Bertz CT molecular complexity index is 837. The number of H-pyrrole nitrogens is 1. The summed E-state index contributed by atoms with van der Waals surface area (Å²) in [6, 6.07) is 12.3. The number of rotatable bonds is 3. The number of hydrogen-bond acceptors (Lipinski definition) is 2. The monoisotopic (exact) mass is 306 g/mol. The largest absolute Gasteiger partial charge is 0.435 e. The van der Waals surface area contributed by atoms with Crippen LogP contribution in [0.15, 0.2) is 42.5 Å². The number of aromatic nitrogens is 2. The number of alkyl halides is 2. The molecule has 3 rings (SSSR count). The quantitative estimate of drug-likeness (QED) is 0.717. The van der Waals surface area contributed by atoms with E-state index in [1.54, 1.807) is 12.1 Å². The van der Waals surface area contributed by atoms with Gasteiger partial charge in [-0.25, -0.2) is 0 Å². The average Bonchev–Trinajstić information content (AvgIpc) is 2.77. The zero-order chi connectivity index (χ0) is 15.0. The van der Waals surface area contributed by atoms with E-state index in [0.717, 1.165) is 22.3 Å². The van der Waals surface area contributed by atoms with Gasteiger partial charge in [-0.2, -0.15) is 8.78 Å². The third-order valence-electron chi connectivity index (χ3n) is 3.25. The number of imidazole rings is 1. The van der Waals surface area contributed by atoms with E-state index in [9.17, 15) is 8.78 Å². The van der Waals surface area contributed by atoms with Gasteiger partial charge in [-0.1, -0.05) is 12.1 Å². The molecule has 1 N–H and O–H groups in total. The lowest BCUT2D eigenvalue weighted by atomic mass is 10.2. The molecule has 0 aliphatic carbocycles. The number of aryl methyl sites for hydroxylation is 1. The highest BCUT2D eigenvalue weighted by molar-refractivity contribution is 7.71. The first kappa shape index (κ1) is 13.8. The highest BCUT2D eigenvalue weighted by Gasteiger charge is 2.09. The maximum atomic E-state index is 12.2. The smallest absolute Gasteiger partial charge is 0.387 e. The molecule has 0 aliphatic rings. The predicted octanol–water partition coefficient (Wildman–Crippen LogP) is 4.60. The molecule has 0 saturated heterocycles. The standard InChI is InChI=1S/C15H12F2N2OS/c1-9-3-2-4-12-13(9)18-15(21)19(12)10-5-7-11(8-6-10)20-14(16)17/h2-8,14H,1H3,(H,18,21). The molecule has 2 aromatic carbocycles. The minimum absolute atomic E-state index is 0.122. The van der Waals surface area contributed by atoms with Crippen molar-refractivity contribution in [3.63, 3.8) is 0 Å². The summed E-state index contributed by atoms with van der Waals surface area (Å²) in [4.78, 5) is 3.17. The second-order valence-electron chi connectivity index (χ2n) is 4.61.